The van der Waals surface area contributed by atoms with Crippen LogP contribution in [-0.4, -0.2) is 25.3 Å². The van der Waals surface area contributed by atoms with Crippen LogP contribution in [-0.2, 0) is 16.6 Å². The van der Waals surface area contributed by atoms with Gasteiger partial charge in [-0.3, -0.25) is 0 Å². The summed E-state index contributed by atoms with van der Waals surface area (Å²) in [6.07, 6.45) is 0.724. The van der Waals surface area contributed by atoms with Gasteiger partial charge in [-0.25, -0.2) is 12.8 Å². The molecule has 4 nitrogen and oxygen atoms in total. The Morgan fingerprint density at radius 3 is 2.40 bits per heavy atom. The zero-order valence-electron chi connectivity index (χ0n) is 12.5. The summed E-state index contributed by atoms with van der Waals surface area (Å²) in [7, 11) is -3.62. The van der Waals surface area contributed by atoms with E-state index >= 15 is 0 Å². The molecule has 2 N–H and O–H groups in total. The maximum atomic E-state index is 13.8. The van der Waals surface area contributed by atoms with E-state index in [0.717, 1.165) is 6.42 Å². The van der Waals surface area contributed by atoms with Gasteiger partial charge in [0, 0.05) is 24.7 Å². The molecule has 1 aromatic rings. The van der Waals surface area contributed by atoms with Crippen molar-refractivity contribution >= 4 is 10.0 Å². The molecule has 0 heterocycles. The van der Waals surface area contributed by atoms with Crippen molar-refractivity contribution in [1.82, 2.24) is 4.31 Å². The van der Waals surface area contributed by atoms with Crippen LogP contribution in [0.4, 0.5) is 4.39 Å². The van der Waals surface area contributed by atoms with Crippen LogP contribution >= 0.6 is 0 Å². The van der Waals surface area contributed by atoms with E-state index in [1.54, 1.807) is 6.92 Å². The van der Waals surface area contributed by atoms with E-state index in [-0.39, 0.29) is 23.0 Å². The number of halogens is 1. The fraction of sp³-hybridized carbons (Fsp3) is 0.571. The minimum Gasteiger partial charge on any atom is -0.326 e. The second-order valence-corrected chi connectivity index (χ2v) is 7.02. The number of rotatable bonds is 6. The molecule has 0 amide bonds. The maximum absolute atomic E-state index is 13.8. The first kappa shape index (κ1) is 17.1. The second kappa shape index (κ2) is 6.65. The van der Waals surface area contributed by atoms with E-state index < -0.39 is 15.8 Å². The van der Waals surface area contributed by atoms with Crippen LogP contribution in [0.5, 0.6) is 0 Å². The molecule has 20 heavy (non-hydrogen) atoms. The lowest BCUT2D eigenvalue weighted by Gasteiger charge is -2.26. The molecule has 0 aliphatic rings. The van der Waals surface area contributed by atoms with Crippen LogP contribution < -0.4 is 5.73 Å². The first-order chi connectivity index (χ1) is 9.25. The van der Waals surface area contributed by atoms with Gasteiger partial charge in [-0.15, -0.1) is 0 Å². The fourth-order valence-corrected chi connectivity index (χ4v) is 3.98. The van der Waals surface area contributed by atoms with Gasteiger partial charge in [0.25, 0.3) is 0 Å². The van der Waals surface area contributed by atoms with Crippen LogP contribution in [0.15, 0.2) is 17.0 Å². The molecule has 0 unspecified atom stereocenters. The SMILES string of the molecule is CCCN(C(C)C)S(=O)(=O)c1cc(C)c(F)c(CN)c1. The van der Waals surface area contributed by atoms with Crippen LogP contribution in [0, 0.1) is 12.7 Å². The van der Waals surface area contributed by atoms with Crippen molar-refractivity contribution in [3.63, 3.8) is 0 Å². The zero-order chi connectivity index (χ0) is 15.5. The summed E-state index contributed by atoms with van der Waals surface area (Å²) in [5, 5.41) is 0. The maximum Gasteiger partial charge on any atom is 0.243 e. The quantitative estimate of drug-likeness (QED) is 0.877. The highest BCUT2D eigenvalue weighted by Crippen LogP contribution is 2.23. The Balaban J connectivity index is 3.38. The summed E-state index contributed by atoms with van der Waals surface area (Å²) in [6, 6.07) is 2.56. The molecule has 0 saturated heterocycles. The van der Waals surface area contributed by atoms with E-state index in [9.17, 15) is 12.8 Å². The molecule has 0 aliphatic heterocycles. The van der Waals surface area contributed by atoms with Crippen LogP contribution in [0.2, 0.25) is 0 Å². The minimum absolute atomic E-state index is 0.0223. The average Bonchev–Trinajstić information content (AvgIpc) is 2.38. The summed E-state index contributed by atoms with van der Waals surface area (Å²) in [4.78, 5) is 0.110. The van der Waals surface area contributed by atoms with Crippen molar-refractivity contribution in [2.45, 2.75) is 51.6 Å². The predicted molar refractivity (Wildman–Crippen MR) is 78.3 cm³/mol. The molecule has 0 spiro atoms. The number of hydrogen-bond acceptors (Lipinski definition) is 3. The van der Waals surface area contributed by atoms with Gasteiger partial charge in [0.15, 0.2) is 0 Å². The summed E-state index contributed by atoms with van der Waals surface area (Å²) in [5.74, 6) is -0.432. The molecule has 0 aliphatic carbocycles. The third-order valence-corrected chi connectivity index (χ3v) is 5.20. The van der Waals surface area contributed by atoms with Crippen molar-refractivity contribution in [3.8, 4) is 0 Å². The van der Waals surface area contributed by atoms with Gasteiger partial charge in [0.1, 0.15) is 5.82 Å². The average molecular weight is 302 g/mol. The lowest BCUT2D eigenvalue weighted by molar-refractivity contribution is 0.354. The third-order valence-electron chi connectivity index (χ3n) is 3.15. The van der Waals surface area contributed by atoms with Crippen LogP contribution in [0.1, 0.15) is 38.3 Å². The van der Waals surface area contributed by atoms with E-state index in [1.165, 1.54) is 16.4 Å². The standard InChI is InChI=1S/C14H23FN2O2S/c1-5-6-17(10(2)3)20(18,19)13-7-11(4)14(15)12(8-13)9-16/h7-8,10H,5-6,9,16H2,1-4H3. The zero-order valence-corrected chi connectivity index (χ0v) is 13.3. The third kappa shape index (κ3) is 3.37. The Kier molecular flexibility index (Phi) is 5.68. The molecule has 0 fully saturated rings. The summed E-state index contributed by atoms with van der Waals surface area (Å²) >= 11 is 0. The summed E-state index contributed by atoms with van der Waals surface area (Å²) in [6.45, 7) is 7.54. The highest BCUT2D eigenvalue weighted by molar-refractivity contribution is 7.89. The lowest BCUT2D eigenvalue weighted by Crippen LogP contribution is -2.37. The largest absolute Gasteiger partial charge is 0.326 e. The van der Waals surface area contributed by atoms with E-state index in [4.69, 9.17) is 5.73 Å². The number of nitrogens with two attached hydrogens (primary N) is 1. The van der Waals surface area contributed by atoms with Crippen LogP contribution in [0.25, 0.3) is 0 Å². The van der Waals surface area contributed by atoms with E-state index in [1.807, 2.05) is 20.8 Å². The Bertz CT molecular complexity index is 571. The van der Waals surface area contributed by atoms with E-state index in [0.29, 0.717) is 12.1 Å². The number of benzene rings is 1. The van der Waals surface area contributed by atoms with Gasteiger partial charge < -0.3 is 5.73 Å². The Labute approximate surface area is 120 Å². The molecule has 114 valence electrons. The van der Waals surface area contributed by atoms with Gasteiger partial charge in [-0.2, -0.15) is 4.31 Å². The predicted octanol–water partition coefficient (Wildman–Crippen LogP) is 2.40. The van der Waals surface area contributed by atoms with Crippen molar-refractivity contribution in [2.75, 3.05) is 6.54 Å². The van der Waals surface area contributed by atoms with Gasteiger partial charge in [-0.1, -0.05) is 6.92 Å². The Morgan fingerprint density at radius 2 is 1.95 bits per heavy atom. The van der Waals surface area contributed by atoms with Crippen molar-refractivity contribution in [1.29, 1.82) is 0 Å². The van der Waals surface area contributed by atoms with Gasteiger partial charge >= 0.3 is 0 Å². The molecule has 6 heteroatoms. The topological polar surface area (TPSA) is 63.4 Å². The highest BCUT2D eigenvalue weighted by Gasteiger charge is 2.27. The first-order valence-electron chi connectivity index (χ1n) is 6.76. The van der Waals surface area contributed by atoms with Crippen molar-refractivity contribution < 1.29 is 12.8 Å². The highest BCUT2D eigenvalue weighted by atomic mass is 32.2. The number of sulfonamides is 1. The van der Waals surface area contributed by atoms with Gasteiger partial charge in [0.2, 0.25) is 10.0 Å². The number of hydrogen-bond donors (Lipinski definition) is 1. The number of nitrogens with zero attached hydrogens (tertiary/aromatic N) is 1. The molecule has 1 rings (SSSR count). The summed E-state index contributed by atoms with van der Waals surface area (Å²) < 4.78 is 40.5. The molecule has 0 aromatic heterocycles. The molecule has 0 bridgehead atoms. The Hall–Kier alpha value is -0.980. The first-order valence-corrected chi connectivity index (χ1v) is 8.20. The Morgan fingerprint density at radius 1 is 1.35 bits per heavy atom. The molecular formula is C14H23FN2O2S. The van der Waals surface area contributed by atoms with Crippen molar-refractivity contribution in [3.05, 3.63) is 29.1 Å². The number of aryl methyl sites for hydroxylation is 1. The normalized spacial score (nSPS) is 12.4. The van der Waals surface area contributed by atoms with Crippen LogP contribution in [0.3, 0.4) is 0 Å². The minimum atomic E-state index is -3.62. The summed E-state index contributed by atoms with van der Waals surface area (Å²) in [5.41, 5.74) is 6.00. The monoisotopic (exact) mass is 302 g/mol. The van der Waals surface area contributed by atoms with Gasteiger partial charge in [-0.05, 0) is 44.9 Å². The molecule has 0 radical (unpaired) electrons. The lowest BCUT2D eigenvalue weighted by atomic mass is 10.1. The molecule has 0 atom stereocenters. The smallest absolute Gasteiger partial charge is 0.243 e. The fourth-order valence-electron chi connectivity index (χ4n) is 2.12. The molecule has 0 saturated carbocycles. The van der Waals surface area contributed by atoms with Crippen molar-refractivity contribution in [2.24, 2.45) is 5.73 Å². The van der Waals surface area contributed by atoms with E-state index in [2.05, 4.69) is 0 Å². The second-order valence-electron chi connectivity index (χ2n) is 5.13. The molecule has 1 aromatic carbocycles. The van der Waals surface area contributed by atoms with Gasteiger partial charge in [0.05, 0.1) is 4.90 Å². The molecular weight excluding hydrogens is 279 g/mol.